The van der Waals surface area contributed by atoms with E-state index in [1.54, 1.807) is 6.92 Å². The van der Waals surface area contributed by atoms with Crippen LogP contribution in [0.2, 0.25) is 0 Å². The number of carboxylic acid groups (broad SMARTS) is 1. The van der Waals surface area contributed by atoms with Crippen molar-refractivity contribution < 1.29 is 24.2 Å². The molecule has 0 aliphatic carbocycles. The lowest BCUT2D eigenvalue weighted by Gasteiger charge is -2.07. The van der Waals surface area contributed by atoms with E-state index in [0.29, 0.717) is 5.56 Å². The fraction of sp³-hybridized carbons (Fsp3) is 0.308. The van der Waals surface area contributed by atoms with E-state index < -0.39 is 11.9 Å². The Bertz CT molecular complexity index is 490. The molecule has 1 N–H and O–H groups in total. The number of Topliss-reactive ketones (excluding diaryl/α,β-unsaturated/α-hetero) is 1. The molecular weight excluding hydrogens is 236 g/mol. The lowest BCUT2D eigenvalue weighted by molar-refractivity contribution is -0.116. The number of hydrogen-bond donors (Lipinski definition) is 1. The second-order valence-electron chi connectivity index (χ2n) is 3.78. The molecule has 0 aliphatic rings. The van der Waals surface area contributed by atoms with Gasteiger partial charge in [0.2, 0.25) is 0 Å². The highest BCUT2D eigenvalue weighted by atomic mass is 16.5. The number of carbonyl (C=O) groups excluding carboxylic acids is 2. The van der Waals surface area contributed by atoms with Gasteiger partial charge in [0.25, 0.3) is 0 Å². The van der Waals surface area contributed by atoms with Crippen LogP contribution in [0.25, 0.3) is 0 Å². The van der Waals surface area contributed by atoms with Crippen molar-refractivity contribution in [1.29, 1.82) is 0 Å². The van der Waals surface area contributed by atoms with Gasteiger partial charge in [-0.1, -0.05) is 6.07 Å². The third-order valence-electron chi connectivity index (χ3n) is 2.29. The molecule has 0 heterocycles. The minimum atomic E-state index is -1.17. The molecule has 1 aromatic carbocycles. The molecule has 0 aromatic heterocycles. The number of carbonyl (C=O) groups is 3. The maximum absolute atomic E-state index is 11.5. The predicted molar refractivity (Wildman–Crippen MR) is 63.7 cm³/mol. The first-order valence-electron chi connectivity index (χ1n) is 5.48. The van der Waals surface area contributed by atoms with Crippen LogP contribution in [0.1, 0.15) is 40.1 Å². The average molecular weight is 250 g/mol. The molecule has 0 unspecified atom stereocenters. The van der Waals surface area contributed by atoms with Gasteiger partial charge in [-0.2, -0.15) is 0 Å². The summed E-state index contributed by atoms with van der Waals surface area (Å²) in [7, 11) is 0. The van der Waals surface area contributed by atoms with Gasteiger partial charge in [0.15, 0.2) is 0 Å². The SMILES string of the molecule is CCOC(=O)c1ccc(CC(C)=O)c(C(=O)O)c1. The fourth-order valence-electron chi connectivity index (χ4n) is 1.54. The Morgan fingerprint density at radius 3 is 2.44 bits per heavy atom. The van der Waals surface area contributed by atoms with Gasteiger partial charge < -0.3 is 9.84 Å². The molecule has 0 saturated carbocycles. The van der Waals surface area contributed by atoms with Crippen molar-refractivity contribution in [1.82, 2.24) is 0 Å². The lowest BCUT2D eigenvalue weighted by atomic mass is 10.00. The van der Waals surface area contributed by atoms with Crippen LogP contribution in [0.15, 0.2) is 18.2 Å². The molecule has 0 aliphatic heterocycles. The van der Waals surface area contributed by atoms with E-state index in [4.69, 9.17) is 9.84 Å². The summed E-state index contributed by atoms with van der Waals surface area (Å²) in [5.41, 5.74) is 0.514. The molecule has 0 atom stereocenters. The van der Waals surface area contributed by atoms with Crippen LogP contribution in [-0.4, -0.2) is 29.4 Å². The van der Waals surface area contributed by atoms with Crippen molar-refractivity contribution in [2.24, 2.45) is 0 Å². The molecular formula is C13H14O5. The first-order chi connectivity index (χ1) is 8.45. The standard InChI is InChI=1S/C13H14O5/c1-3-18-13(17)10-5-4-9(6-8(2)14)11(7-10)12(15)16/h4-5,7H,3,6H2,1-2H3,(H,15,16). The molecule has 18 heavy (non-hydrogen) atoms. The van der Waals surface area contributed by atoms with Gasteiger partial charge >= 0.3 is 11.9 Å². The second-order valence-corrected chi connectivity index (χ2v) is 3.78. The topological polar surface area (TPSA) is 80.7 Å². The Balaban J connectivity index is 3.14. The summed E-state index contributed by atoms with van der Waals surface area (Å²) in [6.07, 6.45) is 0.0325. The minimum Gasteiger partial charge on any atom is -0.478 e. The first-order valence-corrected chi connectivity index (χ1v) is 5.48. The van der Waals surface area contributed by atoms with Gasteiger partial charge in [-0.15, -0.1) is 0 Å². The van der Waals surface area contributed by atoms with Crippen molar-refractivity contribution in [3.05, 3.63) is 34.9 Å². The van der Waals surface area contributed by atoms with Crippen LogP contribution in [0, 0.1) is 0 Å². The third-order valence-corrected chi connectivity index (χ3v) is 2.29. The molecule has 0 fully saturated rings. The lowest BCUT2D eigenvalue weighted by Crippen LogP contribution is -2.10. The number of aromatic carboxylic acids is 1. The largest absolute Gasteiger partial charge is 0.478 e. The van der Waals surface area contributed by atoms with Gasteiger partial charge in [0.1, 0.15) is 5.78 Å². The van der Waals surface area contributed by atoms with E-state index in [9.17, 15) is 14.4 Å². The summed E-state index contributed by atoms with van der Waals surface area (Å²) in [6, 6.07) is 4.17. The highest BCUT2D eigenvalue weighted by Gasteiger charge is 2.15. The zero-order chi connectivity index (χ0) is 13.7. The zero-order valence-corrected chi connectivity index (χ0v) is 10.2. The van der Waals surface area contributed by atoms with Gasteiger partial charge in [-0.05, 0) is 31.5 Å². The predicted octanol–water partition coefficient (Wildman–Crippen LogP) is 1.69. The average Bonchev–Trinajstić information content (AvgIpc) is 2.28. The Morgan fingerprint density at radius 2 is 1.94 bits per heavy atom. The number of esters is 1. The Kier molecular flexibility index (Phi) is 4.59. The summed E-state index contributed by atoms with van der Waals surface area (Å²) in [4.78, 5) is 33.6. The Morgan fingerprint density at radius 1 is 1.28 bits per heavy atom. The summed E-state index contributed by atoms with van der Waals surface area (Å²) in [6.45, 7) is 3.27. The summed E-state index contributed by atoms with van der Waals surface area (Å²) in [5, 5.41) is 9.05. The smallest absolute Gasteiger partial charge is 0.338 e. The van der Waals surface area contributed by atoms with Crippen LogP contribution >= 0.6 is 0 Å². The number of ketones is 1. The Labute approximate surface area is 104 Å². The van der Waals surface area contributed by atoms with E-state index in [2.05, 4.69) is 0 Å². The maximum atomic E-state index is 11.5. The summed E-state index contributed by atoms with van der Waals surface area (Å²) >= 11 is 0. The summed E-state index contributed by atoms with van der Waals surface area (Å²) < 4.78 is 4.78. The molecule has 0 spiro atoms. The normalized spacial score (nSPS) is 9.89. The van der Waals surface area contributed by atoms with Crippen molar-refractivity contribution in [2.45, 2.75) is 20.3 Å². The molecule has 0 saturated heterocycles. The third kappa shape index (κ3) is 3.41. The first kappa shape index (κ1) is 13.9. The van der Waals surface area contributed by atoms with E-state index in [1.807, 2.05) is 0 Å². The molecule has 5 nitrogen and oxygen atoms in total. The minimum absolute atomic E-state index is 0.0325. The molecule has 0 amide bonds. The van der Waals surface area contributed by atoms with Crippen LogP contribution in [0.5, 0.6) is 0 Å². The number of ether oxygens (including phenoxy) is 1. The van der Waals surface area contributed by atoms with Crippen molar-refractivity contribution in [2.75, 3.05) is 6.61 Å². The van der Waals surface area contributed by atoms with Crippen molar-refractivity contribution >= 4 is 17.7 Å². The monoisotopic (exact) mass is 250 g/mol. The molecule has 0 bridgehead atoms. The molecule has 5 heteroatoms. The summed E-state index contributed by atoms with van der Waals surface area (Å²) in [5.74, 6) is -1.88. The van der Waals surface area contributed by atoms with E-state index in [-0.39, 0.29) is 29.9 Å². The molecule has 1 rings (SSSR count). The van der Waals surface area contributed by atoms with E-state index in [0.717, 1.165) is 0 Å². The number of rotatable bonds is 5. The van der Waals surface area contributed by atoms with E-state index >= 15 is 0 Å². The molecule has 0 radical (unpaired) electrons. The second kappa shape index (κ2) is 5.95. The van der Waals surface area contributed by atoms with Gasteiger partial charge in [0, 0.05) is 6.42 Å². The number of benzene rings is 1. The van der Waals surface area contributed by atoms with Crippen LogP contribution in [0.3, 0.4) is 0 Å². The van der Waals surface area contributed by atoms with Crippen molar-refractivity contribution in [3.8, 4) is 0 Å². The highest BCUT2D eigenvalue weighted by Crippen LogP contribution is 2.14. The van der Waals surface area contributed by atoms with Crippen molar-refractivity contribution in [3.63, 3.8) is 0 Å². The maximum Gasteiger partial charge on any atom is 0.338 e. The Hall–Kier alpha value is -2.17. The highest BCUT2D eigenvalue weighted by molar-refractivity contribution is 5.96. The number of carboxylic acids is 1. The van der Waals surface area contributed by atoms with E-state index in [1.165, 1.54) is 25.1 Å². The van der Waals surface area contributed by atoms with Gasteiger partial charge in [-0.3, -0.25) is 4.79 Å². The number of hydrogen-bond acceptors (Lipinski definition) is 4. The van der Waals surface area contributed by atoms with Crippen LogP contribution in [-0.2, 0) is 16.0 Å². The van der Waals surface area contributed by atoms with Crippen LogP contribution in [0.4, 0.5) is 0 Å². The zero-order valence-electron chi connectivity index (χ0n) is 10.2. The fourth-order valence-corrected chi connectivity index (χ4v) is 1.54. The quantitative estimate of drug-likeness (QED) is 0.804. The van der Waals surface area contributed by atoms with Gasteiger partial charge in [0.05, 0.1) is 17.7 Å². The molecule has 1 aromatic rings. The van der Waals surface area contributed by atoms with Crippen LogP contribution < -0.4 is 0 Å². The van der Waals surface area contributed by atoms with Gasteiger partial charge in [-0.25, -0.2) is 9.59 Å². The molecule has 96 valence electrons.